The zero-order valence-electron chi connectivity index (χ0n) is 24.6. The molecule has 12 nitrogen and oxygen atoms in total. The molecule has 1 aliphatic carbocycles. The van der Waals surface area contributed by atoms with Crippen LogP contribution in [0.5, 0.6) is 0 Å². The molecule has 2 saturated heterocycles. The number of benzene rings is 1. The summed E-state index contributed by atoms with van der Waals surface area (Å²) in [6.45, 7) is 2.43. The maximum Gasteiger partial charge on any atom is 0.405 e. The molecule has 4 heterocycles. The molecule has 1 saturated carbocycles. The second kappa shape index (κ2) is 13.1. The van der Waals surface area contributed by atoms with Gasteiger partial charge in [-0.15, -0.1) is 5.10 Å². The van der Waals surface area contributed by atoms with Gasteiger partial charge in [-0.2, -0.15) is 27.8 Å². The van der Waals surface area contributed by atoms with Gasteiger partial charge in [-0.1, -0.05) is 12.1 Å². The van der Waals surface area contributed by atoms with Crippen LogP contribution in [0.15, 0.2) is 30.5 Å². The third kappa shape index (κ3) is 7.27. The minimum absolute atomic E-state index is 0.0652. The molecule has 3 aliphatic rings. The highest BCUT2D eigenvalue weighted by Gasteiger charge is 2.36. The predicted octanol–water partition coefficient (Wildman–Crippen LogP) is 3.53. The average molecular weight is 633 g/mol. The third-order valence-corrected chi connectivity index (χ3v) is 8.72. The van der Waals surface area contributed by atoms with Gasteiger partial charge < -0.3 is 26.0 Å². The van der Waals surface area contributed by atoms with E-state index in [1.165, 1.54) is 23.3 Å². The quantitative estimate of drug-likeness (QED) is 0.316. The molecule has 3 fully saturated rings. The zero-order chi connectivity index (χ0) is 31.6. The van der Waals surface area contributed by atoms with E-state index in [2.05, 4.69) is 42.4 Å². The molecular weight excluding hydrogens is 596 g/mol. The fraction of sp³-hybridized carbons (Fsp3) is 0.552. The van der Waals surface area contributed by atoms with Crippen molar-refractivity contribution >= 4 is 29.3 Å². The molecule has 16 heteroatoms. The number of hydrogen-bond acceptors (Lipinski definition) is 10. The molecule has 2 aliphatic heterocycles. The van der Waals surface area contributed by atoms with Gasteiger partial charge in [0.05, 0.1) is 19.4 Å². The second-order valence-corrected chi connectivity index (χ2v) is 11.6. The number of carbonyl (C=O) groups excluding carboxylic acids is 1. The number of aromatic nitrogens is 5. The Morgan fingerprint density at radius 3 is 2.47 bits per heavy atom. The molecule has 0 spiro atoms. The molecule has 45 heavy (non-hydrogen) atoms. The number of hydrogen-bond donors (Lipinski definition) is 3. The van der Waals surface area contributed by atoms with Gasteiger partial charge in [0, 0.05) is 31.4 Å². The molecular formula is C29H36F4N10O2. The Labute approximate surface area is 257 Å². The van der Waals surface area contributed by atoms with Crippen molar-refractivity contribution in [3.8, 4) is 5.95 Å². The van der Waals surface area contributed by atoms with Crippen molar-refractivity contribution in [2.45, 2.75) is 62.7 Å². The number of halogens is 4. The van der Waals surface area contributed by atoms with Gasteiger partial charge in [-0.25, -0.2) is 9.37 Å². The van der Waals surface area contributed by atoms with Gasteiger partial charge in [0.15, 0.2) is 11.6 Å². The summed E-state index contributed by atoms with van der Waals surface area (Å²) in [5.74, 6) is -1.41. The van der Waals surface area contributed by atoms with Crippen LogP contribution < -0.4 is 21.3 Å². The summed E-state index contributed by atoms with van der Waals surface area (Å²) in [5, 5.41) is 9.32. The molecule has 0 radical (unpaired) electrons. The summed E-state index contributed by atoms with van der Waals surface area (Å²) in [4.78, 5) is 28.8. The van der Waals surface area contributed by atoms with Crippen LogP contribution in [0.25, 0.3) is 5.95 Å². The molecule has 3 aromatic rings. The number of nitrogen functional groups attached to an aromatic ring is 1. The lowest BCUT2D eigenvalue weighted by Crippen LogP contribution is -2.46. The summed E-state index contributed by atoms with van der Waals surface area (Å²) in [5.41, 5.74) is 8.14. The first-order valence-corrected chi connectivity index (χ1v) is 15.2. The SMILES string of the molecule is Nc1nc(Nc2ccc(C3CCC(N4CCOCC4)CC3)cc2)nn1-c1ncc(F)c(N2CCC[C@@H]2C(=O)NCC(F)(F)F)n1. The Balaban J connectivity index is 1.10. The van der Waals surface area contributed by atoms with Gasteiger partial charge in [0.2, 0.25) is 17.8 Å². The molecule has 242 valence electrons. The molecule has 2 aromatic heterocycles. The summed E-state index contributed by atoms with van der Waals surface area (Å²) in [7, 11) is 0. The predicted molar refractivity (Wildman–Crippen MR) is 158 cm³/mol. The lowest BCUT2D eigenvalue weighted by Gasteiger charge is -2.38. The van der Waals surface area contributed by atoms with Crippen LogP contribution >= 0.6 is 0 Å². The van der Waals surface area contributed by atoms with Crippen molar-refractivity contribution in [2.75, 3.05) is 55.3 Å². The fourth-order valence-electron chi connectivity index (χ4n) is 6.46. The molecule has 1 amide bonds. The number of nitrogens with zero attached hydrogens (tertiary/aromatic N) is 7. The monoisotopic (exact) mass is 632 g/mol. The maximum absolute atomic E-state index is 14.8. The van der Waals surface area contributed by atoms with E-state index in [-0.39, 0.29) is 36.6 Å². The number of carbonyl (C=O) groups is 1. The van der Waals surface area contributed by atoms with E-state index in [1.54, 1.807) is 0 Å². The largest absolute Gasteiger partial charge is 0.405 e. The van der Waals surface area contributed by atoms with Crippen LogP contribution in [-0.2, 0) is 9.53 Å². The van der Waals surface area contributed by atoms with Gasteiger partial charge in [-0.3, -0.25) is 9.69 Å². The van der Waals surface area contributed by atoms with Crippen LogP contribution in [-0.4, -0.2) is 93.2 Å². The van der Waals surface area contributed by atoms with Crippen LogP contribution in [0.1, 0.15) is 50.0 Å². The fourth-order valence-corrected chi connectivity index (χ4v) is 6.46. The Morgan fingerprint density at radius 2 is 1.76 bits per heavy atom. The Kier molecular flexibility index (Phi) is 9.03. The lowest BCUT2D eigenvalue weighted by atomic mass is 9.81. The summed E-state index contributed by atoms with van der Waals surface area (Å²) >= 11 is 0. The smallest absolute Gasteiger partial charge is 0.379 e. The van der Waals surface area contributed by atoms with Crippen LogP contribution in [0.4, 0.5) is 41.0 Å². The van der Waals surface area contributed by atoms with E-state index in [9.17, 15) is 22.4 Å². The number of alkyl halides is 3. The molecule has 1 atom stereocenters. The normalized spacial score (nSPS) is 22.8. The van der Waals surface area contributed by atoms with Crippen LogP contribution in [0, 0.1) is 5.82 Å². The van der Waals surface area contributed by atoms with Gasteiger partial charge in [0.25, 0.3) is 5.95 Å². The number of rotatable bonds is 8. The number of anilines is 4. The van der Waals surface area contributed by atoms with Crippen LogP contribution in [0.2, 0.25) is 0 Å². The van der Waals surface area contributed by atoms with Crippen LogP contribution in [0.3, 0.4) is 0 Å². The van der Waals surface area contributed by atoms with Crippen molar-refractivity contribution in [3.05, 3.63) is 41.8 Å². The van der Waals surface area contributed by atoms with Gasteiger partial charge in [0.1, 0.15) is 12.6 Å². The summed E-state index contributed by atoms with van der Waals surface area (Å²) in [6, 6.07) is 7.76. The highest BCUT2D eigenvalue weighted by atomic mass is 19.4. The van der Waals surface area contributed by atoms with Gasteiger partial charge >= 0.3 is 6.18 Å². The Bertz CT molecular complexity index is 1470. The highest BCUT2D eigenvalue weighted by molar-refractivity contribution is 5.85. The molecule has 6 rings (SSSR count). The highest BCUT2D eigenvalue weighted by Crippen LogP contribution is 2.36. The summed E-state index contributed by atoms with van der Waals surface area (Å²) in [6.07, 6.45) is 1.72. The molecule has 0 bridgehead atoms. The number of amides is 1. The lowest BCUT2D eigenvalue weighted by molar-refractivity contribution is -0.139. The number of ether oxygens (including phenoxy) is 1. The standard InChI is InChI=1S/C29H36F4N10O2/c30-22-16-35-28(38-24(22)42-11-1-2-23(42)25(44)36-17-29(31,32)33)43-26(34)39-27(40-43)37-20-7-3-18(4-8-20)19-5-9-21(10-6-19)41-12-14-45-15-13-41/h3-4,7-8,16,19,21,23H,1-2,5-6,9-15,17H2,(H,36,44)(H3,34,37,39,40)/t19?,21?,23-/m1/s1. The molecule has 0 unspecified atom stereocenters. The van der Waals surface area contributed by atoms with E-state index in [4.69, 9.17) is 10.5 Å². The van der Waals surface area contributed by atoms with Crippen molar-refractivity contribution < 1.29 is 27.1 Å². The number of nitrogens with two attached hydrogens (primary N) is 1. The topological polar surface area (TPSA) is 139 Å². The first-order chi connectivity index (χ1) is 21.6. The van der Waals surface area contributed by atoms with Crippen molar-refractivity contribution in [3.63, 3.8) is 0 Å². The van der Waals surface area contributed by atoms with Crippen molar-refractivity contribution in [2.24, 2.45) is 0 Å². The van der Waals surface area contributed by atoms with Crippen molar-refractivity contribution in [1.29, 1.82) is 0 Å². The van der Waals surface area contributed by atoms with E-state index in [0.717, 1.165) is 55.7 Å². The third-order valence-electron chi connectivity index (χ3n) is 8.72. The average Bonchev–Trinajstić information content (AvgIpc) is 3.67. The van der Waals surface area contributed by atoms with Gasteiger partial charge in [-0.05, 0) is 62.1 Å². The van der Waals surface area contributed by atoms with E-state index in [0.29, 0.717) is 18.4 Å². The Morgan fingerprint density at radius 1 is 1.02 bits per heavy atom. The first-order valence-electron chi connectivity index (χ1n) is 15.2. The molecule has 1 aromatic carbocycles. The zero-order valence-corrected chi connectivity index (χ0v) is 24.6. The minimum atomic E-state index is -4.56. The van der Waals surface area contributed by atoms with E-state index >= 15 is 0 Å². The minimum Gasteiger partial charge on any atom is -0.379 e. The van der Waals surface area contributed by atoms with E-state index < -0.39 is 30.5 Å². The van der Waals surface area contributed by atoms with Crippen molar-refractivity contribution in [1.82, 2.24) is 34.9 Å². The summed E-state index contributed by atoms with van der Waals surface area (Å²) < 4.78 is 59.3. The van der Waals surface area contributed by atoms with E-state index in [1.807, 2.05) is 17.4 Å². The number of nitrogens with one attached hydrogen (secondary N) is 2. The maximum atomic E-state index is 14.8. The Hall–Kier alpha value is -4.05. The number of morpholine rings is 1. The second-order valence-electron chi connectivity index (χ2n) is 11.6. The molecule has 4 N–H and O–H groups in total. The first kappa shape index (κ1) is 31.0.